The summed E-state index contributed by atoms with van der Waals surface area (Å²) in [4.78, 5) is 28.3. The van der Waals surface area contributed by atoms with E-state index in [2.05, 4.69) is 20.4 Å². The van der Waals surface area contributed by atoms with Gasteiger partial charge in [0.2, 0.25) is 5.91 Å². The number of carbonyl (C=O) groups is 2. The molecule has 0 radical (unpaired) electrons. The molecule has 11 heteroatoms. The number of furan rings is 1. The van der Waals surface area contributed by atoms with E-state index in [1.54, 1.807) is 37.3 Å². The van der Waals surface area contributed by atoms with Gasteiger partial charge in [-0.05, 0) is 49.5 Å². The van der Waals surface area contributed by atoms with E-state index >= 15 is 0 Å². The molecule has 7 nitrogen and oxygen atoms in total. The van der Waals surface area contributed by atoms with Crippen LogP contribution in [0.25, 0.3) is 17.4 Å². The van der Waals surface area contributed by atoms with E-state index < -0.39 is 11.9 Å². The van der Waals surface area contributed by atoms with Crippen LogP contribution in [-0.2, 0) is 9.53 Å². The van der Waals surface area contributed by atoms with Gasteiger partial charge in [-0.15, -0.1) is 0 Å². The summed E-state index contributed by atoms with van der Waals surface area (Å²) in [7, 11) is 1.29. The van der Waals surface area contributed by atoms with Crippen molar-refractivity contribution in [3.8, 4) is 11.3 Å². The molecule has 31 heavy (non-hydrogen) atoms. The summed E-state index contributed by atoms with van der Waals surface area (Å²) in [6, 6.07) is 8.65. The molecule has 0 saturated heterocycles. The molecule has 0 bridgehead atoms. The van der Waals surface area contributed by atoms with Crippen LogP contribution in [0.3, 0.4) is 0 Å². The van der Waals surface area contributed by atoms with Gasteiger partial charge < -0.3 is 14.5 Å². The number of hydrogen-bond donors (Lipinski definition) is 2. The average molecular weight is 496 g/mol. The van der Waals surface area contributed by atoms with Crippen LogP contribution in [0.1, 0.15) is 21.1 Å². The van der Waals surface area contributed by atoms with E-state index in [1.165, 1.54) is 19.3 Å². The Balaban J connectivity index is 1.60. The zero-order valence-corrected chi connectivity index (χ0v) is 19.3. The van der Waals surface area contributed by atoms with Gasteiger partial charge >= 0.3 is 5.97 Å². The molecular formula is C20H15Cl2N3O4S2. The van der Waals surface area contributed by atoms with Crippen molar-refractivity contribution in [3.05, 3.63) is 62.8 Å². The monoisotopic (exact) mass is 495 g/mol. The first-order chi connectivity index (χ1) is 14.8. The Morgan fingerprint density at radius 2 is 2.03 bits per heavy atom. The number of thiazole rings is 1. The van der Waals surface area contributed by atoms with Crippen molar-refractivity contribution in [2.75, 3.05) is 12.4 Å². The summed E-state index contributed by atoms with van der Waals surface area (Å²) in [5, 5.41) is 6.45. The predicted molar refractivity (Wildman–Crippen MR) is 126 cm³/mol. The molecule has 0 spiro atoms. The quantitative estimate of drug-likeness (QED) is 0.280. The zero-order valence-electron chi connectivity index (χ0n) is 16.2. The van der Waals surface area contributed by atoms with E-state index in [0.29, 0.717) is 42.8 Å². The van der Waals surface area contributed by atoms with Crippen molar-refractivity contribution < 1.29 is 18.7 Å². The van der Waals surface area contributed by atoms with Crippen LogP contribution in [0.15, 0.2) is 40.8 Å². The van der Waals surface area contributed by atoms with Gasteiger partial charge in [0.15, 0.2) is 10.2 Å². The number of anilines is 1. The zero-order chi connectivity index (χ0) is 22.5. The minimum absolute atomic E-state index is 0.0330. The van der Waals surface area contributed by atoms with Crippen LogP contribution < -0.4 is 10.6 Å². The fourth-order valence-corrected chi connectivity index (χ4v) is 4.00. The summed E-state index contributed by atoms with van der Waals surface area (Å²) in [5.41, 5.74) is 1.15. The number of rotatable bonds is 5. The molecule has 2 heterocycles. The number of nitrogens with one attached hydrogen (secondary N) is 2. The van der Waals surface area contributed by atoms with E-state index in [4.69, 9.17) is 39.8 Å². The number of aromatic nitrogens is 1. The first-order valence-corrected chi connectivity index (χ1v) is 10.7. The average Bonchev–Trinajstić information content (AvgIpc) is 3.34. The lowest BCUT2D eigenvalue weighted by atomic mass is 10.2. The Bertz CT molecular complexity index is 1190. The molecule has 0 fully saturated rings. The number of thiocarbonyl (C=S) groups is 1. The molecule has 3 rings (SSSR count). The summed E-state index contributed by atoms with van der Waals surface area (Å²) in [5.74, 6) is -0.000781. The third-order valence-electron chi connectivity index (χ3n) is 3.87. The van der Waals surface area contributed by atoms with Gasteiger partial charge in [0.1, 0.15) is 16.4 Å². The number of methoxy groups -OCH3 is 1. The first kappa shape index (κ1) is 23.0. The van der Waals surface area contributed by atoms with Crippen molar-refractivity contribution >= 4 is 75.0 Å². The fraction of sp³-hybridized carbons (Fsp3) is 0.100. The Hall–Kier alpha value is -2.72. The van der Waals surface area contributed by atoms with E-state index in [-0.39, 0.29) is 5.11 Å². The molecule has 0 aliphatic carbocycles. The van der Waals surface area contributed by atoms with Gasteiger partial charge in [-0.2, -0.15) is 0 Å². The highest BCUT2D eigenvalue weighted by Crippen LogP contribution is 2.34. The topological polar surface area (TPSA) is 93.5 Å². The van der Waals surface area contributed by atoms with Crippen LogP contribution in [0.4, 0.5) is 5.13 Å². The number of halogens is 2. The van der Waals surface area contributed by atoms with Crippen LogP contribution >= 0.6 is 46.8 Å². The third-order valence-corrected chi connectivity index (χ3v) is 5.94. The summed E-state index contributed by atoms with van der Waals surface area (Å²) < 4.78 is 10.4. The molecule has 2 N–H and O–H groups in total. The Morgan fingerprint density at radius 1 is 1.26 bits per heavy atom. The molecule has 3 aromatic rings. The van der Waals surface area contributed by atoms with Crippen LogP contribution in [-0.4, -0.2) is 29.1 Å². The maximum absolute atomic E-state index is 12.1. The number of esters is 1. The first-order valence-electron chi connectivity index (χ1n) is 8.68. The summed E-state index contributed by atoms with van der Waals surface area (Å²) in [6.07, 6.45) is 2.76. The molecule has 0 atom stereocenters. The highest BCUT2D eigenvalue weighted by Gasteiger charge is 2.16. The minimum atomic E-state index is -0.488. The second-order valence-corrected chi connectivity index (χ2v) is 8.20. The molecule has 0 saturated carbocycles. The molecule has 160 valence electrons. The van der Waals surface area contributed by atoms with Gasteiger partial charge in [-0.1, -0.05) is 40.6 Å². The van der Waals surface area contributed by atoms with Crippen molar-refractivity contribution in [1.29, 1.82) is 0 Å². The molecule has 0 aliphatic rings. The summed E-state index contributed by atoms with van der Waals surface area (Å²) >= 11 is 18.4. The Morgan fingerprint density at radius 3 is 2.77 bits per heavy atom. The maximum atomic E-state index is 12.1. The van der Waals surface area contributed by atoms with Gasteiger partial charge in [0, 0.05) is 11.6 Å². The number of aryl methyl sites for hydroxylation is 1. The van der Waals surface area contributed by atoms with Gasteiger partial charge in [-0.3, -0.25) is 10.1 Å². The molecule has 2 aromatic heterocycles. The highest BCUT2D eigenvalue weighted by atomic mass is 35.5. The number of amides is 1. The lowest BCUT2D eigenvalue weighted by Crippen LogP contribution is -2.32. The Labute approximate surface area is 197 Å². The molecule has 0 aliphatic heterocycles. The molecule has 1 aromatic carbocycles. The summed E-state index contributed by atoms with van der Waals surface area (Å²) in [6.45, 7) is 1.67. The number of benzene rings is 1. The standard InChI is InChI=1S/C20H15Cl2N3O4S2/c1-10-17(18(27)28-2)31-20(23-10)25-19(30)24-15(26)9-7-11-6-8-14(29-11)12-4-3-5-13(21)16(12)22/h3-9H,1-2H3,(H2,23,24,25,26,30)/b9-7+. The lowest BCUT2D eigenvalue weighted by Gasteiger charge is -2.04. The van der Waals surface area contributed by atoms with Gasteiger partial charge in [-0.25, -0.2) is 9.78 Å². The second-order valence-electron chi connectivity index (χ2n) is 6.01. The predicted octanol–water partition coefficient (Wildman–Crippen LogP) is 5.33. The van der Waals surface area contributed by atoms with Crippen molar-refractivity contribution in [3.63, 3.8) is 0 Å². The SMILES string of the molecule is COC(=O)c1sc(NC(=S)NC(=O)/C=C/c2ccc(-c3cccc(Cl)c3Cl)o2)nc1C. The van der Waals surface area contributed by atoms with E-state index in [0.717, 1.165) is 11.3 Å². The Kier molecular flexibility index (Phi) is 7.45. The van der Waals surface area contributed by atoms with Crippen LogP contribution in [0.5, 0.6) is 0 Å². The second kappa shape index (κ2) is 10.1. The van der Waals surface area contributed by atoms with Crippen LogP contribution in [0, 0.1) is 6.92 Å². The van der Waals surface area contributed by atoms with Crippen molar-refractivity contribution in [2.45, 2.75) is 6.92 Å². The van der Waals surface area contributed by atoms with Crippen molar-refractivity contribution in [1.82, 2.24) is 10.3 Å². The third kappa shape index (κ3) is 5.71. The number of hydrogen-bond acceptors (Lipinski definition) is 7. The van der Waals surface area contributed by atoms with Gasteiger partial charge in [0.05, 0.1) is 22.8 Å². The van der Waals surface area contributed by atoms with Gasteiger partial charge in [0.25, 0.3) is 0 Å². The number of ether oxygens (including phenoxy) is 1. The van der Waals surface area contributed by atoms with E-state index in [9.17, 15) is 9.59 Å². The largest absolute Gasteiger partial charge is 0.465 e. The molecule has 0 unspecified atom stereocenters. The highest BCUT2D eigenvalue weighted by molar-refractivity contribution is 7.80. The van der Waals surface area contributed by atoms with Crippen LogP contribution in [0.2, 0.25) is 10.0 Å². The number of nitrogens with zero attached hydrogens (tertiary/aromatic N) is 1. The minimum Gasteiger partial charge on any atom is -0.465 e. The fourth-order valence-electron chi connectivity index (χ4n) is 2.45. The molecule has 1 amide bonds. The maximum Gasteiger partial charge on any atom is 0.350 e. The number of carbonyl (C=O) groups excluding carboxylic acids is 2. The molecular weight excluding hydrogens is 481 g/mol. The normalized spacial score (nSPS) is 10.8. The lowest BCUT2D eigenvalue weighted by molar-refractivity contribution is -0.115. The smallest absolute Gasteiger partial charge is 0.350 e. The van der Waals surface area contributed by atoms with E-state index in [1.807, 2.05) is 0 Å². The van der Waals surface area contributed by atoms with Crippen molar-refractivity contribution in [2.24, 2.45) is 0 Å².